The van der Waals surface area contributed by atoms with Gasteiger partial charge in [0.05, 0.1) is 11.3 Å². The summed E-state index contributed by atoms with van der Waals surface area (Å²) in [6.07, 6.45) is 3.57. The Balaban J connectivity index is 2.47. The van der Waals surface area contributed by atoms with Crippen LogP contribution in [0.25, 0.3) is 16.7 Å². The smallest absolute Gasteiger partial charge is 0.268 e. The van der Waals surface area contributed by atoms with Crippen molar-refractivity contribution in [2.45, 2.75) is 19.8 Å². The van der Waals surface area contributed by atoms with Crippen molar-refractivity contribution in [3.8, 4) is 0 Å². The van der Waals surface area contributed by atoms with Crippen molar-refractivity contribution in [3.63, 3.8) is 0 Å². The molecule has 0 aliphatic carbocycles. The van der Waals surface area contributed by atoms with Crippen molar-refractivity contribution < 1.29 is 4.79 Å². The van der Waals surface area contributed by atoms with E-state index in [0.717, 1.165) is 16.7 Å². The number of imidazole rings is 1. The molecular formula is C14H14BrN5O. The van der Waals surface area contributed by atoms with Crippen LogP contribution < -0.4 is 11.3 Å². The van der Waals surface area contributed by atoms with Crippen molar-refractivity contribution in [1.82, 2.24) is 19.8 Å². The van der Waals surface area contributed by atoms with Gasteiger partial charge in [0.25, 0.3) is 5.91 Å². The molecule has 0 saturated heterocycles. The molecule has 3 rings (SSSR count). The van der Waals surface area contributed by atoms with E-state index in [1.54, 1.807) is 6.20 Å². The molecule has 0 atom stereocenters. The number of pyridine rings is 2. The highest BCUT2D eigenvalue weighted by molar-refractivity contribution is 9.10. The molecule has 108 valence electrons. The van der Waals surface area contributed by atoms with Crippen LogP contribution in [0.2, 0.25) is 0 Å². The van der Waals surface area contributed by atoms with Crippen molar-refractivity contribution >= 4 is 38.5 Å². The van der Waals surface area contributed by atoms with E-state index in [9.17, 15) is 4.79 Å². The largest absolute Gasteiger partial charge is 0.290 e. The standard InChI is InChI=1S/C14H14BrN5O/c1-7(2)12-10(14(21)19-16)11(15)8-3-4-9-17-5-6-20(9)13(8)18-12/h3-7H,16H2,1-2H3,(H,19,21). The van der Waals surface area contributed by atoms with Gasteiger partial charge in [0.15, 0.2) is 0 Å². The number of carbonyl (C=O) groups excluding carboxylic acids is 1. The van der Waals surface area contributed by atoms with E-state index in [2.05, 4.69) is 31.3 Å². The lowest BCUT2D eigenvalue weighted by Crippen LogP contribution is -2.31. The van der Waals surface area contributed by atoms with Gasteiger partial charge in [0.1, 0.15) is 11.3 Å². The van der Waals surface area contributed by atoms with Gasteiger partial charge in [0, 0.05) is 22.3 Å². The maximum Gasteiger partial charge on any atom is 0.268 e. The Kier molecular flexibility index (Phi) is 3.38. The minimum absolute atomic E-state index is 0.0803. The van der Waals surface area contributed by atoms with Gasteiger partial charge in [-0.3, -0.25) is 14.6 Å². The highest BCUT2D eigenvalue weighted by atomic mass is 79.9. The number of nitrogens with one attached hydrogen (secondary N) is 1. The predicted molar refractivity (Wildman–Crippen MR) is 83.9 cm³/mol. The summed E-state index contributed by atoms with van der Waals surface area (Å²) >= 11 is 3.53. The van der Waals surface area contributed by atoms with Gasteiger partial charge < -0.3 is 0 Å². The molecule has 7 heteroatoms. The first-order chi connectivity index (χ1) is 10.0. The van der Waals surface area contributed by atoms with Crippen LogP contribution in [0.1, 0.15) is 35.8 Å². The number of carbonyl (C=O) groups is 1. The molecule has 1 amide bonds. The maximum absolute atomic E-state index is 12.1. The van der Waals surface area contributed by atoms with Gasteiger partial charge in [0.2, 0.25) is 0 Å². The zero-order valence-corrected chi connectivity index (χ0v) is 13.2. The summed E-state index contributed by atoms with van der Waals surface area (Å²) < 4.78 is 2.59. The lowest BCUT2D eigenvalue weighted by Gasteiger charge is -2.15. The summed E-state index contributed by atoms with van der Waals surface area (Å²) in [5.74, 6) is 5.02. The number of nitrogens with two attached hydrogens (primary N) is 1. The van der Waals surface area contributed by atoms with Crippen LogP contribution in [-0.4, -0.2) is 20.3 Å². The topological polar surface area (TPSA) is 85.3 Å². The number of nitrogen functional groups attached to an aromatic ring is 1. The van der Waals surface area contributed by atoms with Gasteiger partial charge in [-0.25, -0.2) is 15.8 Å². The number of fused-ring (bicyclic) bond motifs is 3. The summed E-state index contributed by atoms with van der Waals surface area (Å²) in [7, 11) is 0. The normalized spacial score (nSPS) is 11.5. The fourth-order valence-corrected chi connectivity index (χ4v) is 3.08. The maximum atomic E-state index is 12.1. The quantitative estimate of drug-likeness (QED) is 0.423. The van der Waals surface area contributed by atoms with Crippen molar-refractivity contribution in [1.29, 1.82) is 0 Å². The first kappa shape index (κ1) is 14.0. The van der Waals surface area contributed by atoms with Crippen molar-refractivity contribution in [2.75, 3.05) is 0 Å². The Labute approximate surface area is 129 Å². The predicted octanol–water partition coefficient (Wildman–Crippen LogP) is 2.37. The molecule has 21 heavy (non-hydrogen) atoms. The highest BCUT2D eigenvalue weighted by Crippen LogP contribution is 2.32. The Morgan fingerprint density at radius 3 is 2.86 bits per heavy atom. The summed E-state index contributed by atoms with van der Waals surface area (Å²) in [6, 6.07) is 3.78. The number of hydrogen-bond acceptors (Lipinski definition) is 4. The minimum atomic E-state index is -0.356. The van der Waals surface area contributed by atoms with Crippen LogP contribution in [0.3, 0.4) is 0 Å². The number of amides is 1. The monoisotopic (exact) mass is 347 g/mol. The SMILES string of the molecule is CC(C)c1nc2c(ccc3nccn32)c(Br)c1C(=O)NN. The Morgan fingerprint density at radius 1 is 1.43 bits per heavy atom. The molecule has 0 spiro atoms. The van der Waals surface area contributed by atoms with Crippen LogP contribution in [0.15, 0.2) is 29.0 Å². The van der Waals surface area contributed by atoms with Crippen LogP contribution in [0.4, 0.5) is 0 Å². The van der Waals surface area contributed by atoms with Gasteiger partial charge >= 0.3 is 0 Å². The fourth-order valence-electron chi connectivity index (χ4n) is 2.39. The molecule has 3 N–H and O–H groups in total. The Morgan fingerprint density at radius 2 is 2.19 bits per heavy atom. The average molecular weight is 348 g/mol. The molecule has 0 saturated carbocycles. The van der Waals surface area contributed by atoms with Gasteiger partial charge in [-0.05, 0) is 34.0 Å². The van der Waals surface area contributed by atoms with E-state index in [0.29, 0.717) is 15.7 Å². The van der Waals surface area contributed by atoms with Crippen LogP contribution in [0, 0.1) is 0 Å². The third-order valence-electron chi connectivity index (χ3n) is 3.38. The van der Waals surface area contributed by atoms with E-state index < -0.39 is 0 Å². The zero-order chi connectivity index (χ0) is 15.1. The molecule has 0 aliphatic rings. The molecule has 0 fully saturated rings. The number of hydrogen-bond donors (Lipinski definition) is 2. The molecule has 3 heterocycles. The molecule has 3 aromatic heterocycles. The molecular weight excluding hydrogens is 334 g/mol. The second kappa shape index (κ2) is 5.09. The van der Waals surface area contributed by atoms with Crippen LogP contribution in [0.5, 0.6) is 0 Å². The van der Waals surface area contributed by atoms with E-state index in [1.165, 1.54) is 0 Å². The minimum Gasteiger partial charge on any atom is -0.290 e. The van der Waals surface area contributed by atoms with Crippen LogP contribution >= 0.6 is 15.9 Å². The second-order valence-electron chi connectivity index (χ2n) is 5.04. The number of halogens is 1. The first-order valence-corrected chi connectivity index (χ1v) is 7.30. The lowest BCUT2D eigenvalue weighted by atomic mass is 10.0. The van der Waals surface area contributed by atoms with Gasteiger partial charge in [-0.1, -0.05) is 13.8 Å². The first-order valence-electron chi connectivity index (χ1n) is 6.50. The Bertz CT molecular complexity index is 855. The lowest BCUT2D eigenvalue weighted by molar-refractivity contribution is 0.0951. The van der Waals surface area contributed by atoms with Crippen molar-refractivity contribution in [2.24, 2.45) is 5.84 Å². The Hall–Kier alpha value is -1.99. The van der Waals surface area contributed by atoms with E-state index in [-0.39, 0.29) is 11.8 Å². The molecule has 0 radical (unpaired) electrons. The highest BCUT2D eigenvalue weighted by Gasteiger charge is 2.22. The summed E-state index contributed by atoms with van der Waals surface area (Å²) in [5.41, 5.74) is 4.92. The fraction of sp³-hybridized carbons (Fsp3) is 0.214. The molecule has 0 unspecified atom stereocenters. The number of aromatic nitrogens is 3. The molecule has 0 aromatic carbocycles. The molecule has 6 nitrogen and oxygen atoms in total. The van der Waals surface area contributed by atoms with E-state index in [1.807, 2.05) is 36.6 Å². The average Bonchev–Trinajstić information content (AvgIpc) is 2.94. The molecule has 3 aromatic rings. The third kappa shape index (κ3) is 2.09. The summed E-state index contributed by atoms with van der Waals surface area (Å²) in [5, 5.41) is 0.837. The third-order valence-corrected chi connectivity index (χ3v) is 4.20. The van der Waals surface area contributed by atoms with Crippen LogP contribution in [-0.2, 0) is 0 Å². The van der Waals surface area contributed by atoms with Gasteiger partial charge in [-0.2, -0.15) is 0 Å². The van der Waals surface area contributed by atoms with E-state index >= 15 is 0 Å². The number of nitrogens with zero attached hydrogens (tertiary/aromatic N) is 3. The second-order valence-corrected chi connectivity index (χ2v) is 5.83. The number of hydrazine groups is 1. The summed E-state index contributed by atoms with van der Waals surface area (Å²) in [6.45, 7) is 3.98. The van der Waals surface area contributed by atoms with Gasteiger partial charge in [-0.15, -0.1) is 0 Å². The van der Waals surface area contributed by atoms with Crippen molar-refractivity contribution in [3.05, 3.63) is 40.3 Å². The molecule has 0 aliphatic heterocycles. The molecule has 0 bridgehead atoms. The zero-order valence-electron chi connectivity index (χ0n) is 11.6. The summed E-state index contributed by atoms with van der Waals surface area (Å²) in [4.78, 5) is 21.0. The van der Waals surface area contributed by atoms with E-state index in [4.69, 9.17) is 5.84 Å². The number of rotatable bonds is 2.